The quantitative estimate of drug-likeness (QED) is 0.531. The summed E-state index contributed by atoms with van der Waals surface area (Å²) in [7, 11) is 1.65. The molecule has 5 nitrogen and oxygen atoms in total. The number of nitrogens with zero attached hydrogens (tertiary/aromatic N) is 1. The van der Waals surface area contributed by atoms with Crippen LogP contribution in [0.4, 0.5) is 0 Å². The number of carbonyl (C=O) groups excluding carboxylic acids is 1. The van der Waals surface area contributed by atoms with Crippen LogP contribution in [0.25, 0.3) is 21.6 Å². The summed E-state index contributed by atoms with van der Waals surface area (Å²) < 4.78 is 5.32. The van der Waals surface area contributed by atoms with Crippen molar-refractivity contribution in [2.45, 2.75) is 9.79 Å². The van der Waals surface area contributed by atoms with Crippen molar-refractivity contribution in [1.29, 1.82) is 0 Å². The molecule has 0 spiro atoms. The molecule has 1 amide bonds. The molecule has 0 aliphatic rings. The summed E-state index contributed by atoms with van der Waals surface area (Å²) in [6.45, 7) is 0. The third-order valence-corrected chi connectivity index (χ3v) is 5.80. The molecule has 0 saturated carbocycles. The van der Waals surface area contributed by atoms with Gasteiger partial charge in [-0.15, -0.1) is 11.3 Å². The first-order chi connectivity index (χ1) is 12.7. The van der Waals surface area contributed by atoms with Gasteiger partial charge >= 0.3 is 0 Å². The summed E-state index contributed by atoms with van der Waals surface area (Å²) >= 11 is 3.11. The maximum atomic E-state index is 11.9. The van der Waals surface area contributed by atoms with Gasteiger partial charge in [-0.1, -0.05) is 36.0 Å². The second-order valence-corrected chi connectivity index (χ2v) is 7.49. The average Bonchev–Trinajstić information content (AvgIpc) is 3.24. The van der Waals surface area contributed by atoms with E-state index in [1.54, 1.807) is 30.4 Å². The molecule has 2 heterocycles. The molecule has 0 unspecified atom stereocenters. The summed E-state index contributed by atoms with van der Waals surface area (Å²) in [5, 5.41) is 0. The van der Waals surface area contributed by atoms with Crippen molar-refractivity contribution in [3.8, 4) is 17.0 Å². The SMILES string of the molecule is COc1cccc(Sc2c(-c3ccccc3C(N)=O)[nH]c3scnc23)c1. The van der Waals surface area contributed by atoms with Gasteiger partial charge in [-0.05, 0) is 24.3 Å². The molecule has 0 aliphatic carbocycles. The fraction of sp³-hybridized carbons (Fsp3) is 0.0526. The van der Waals surface area contributed by atoms with Crippen molar-refractivity contribution >= 4 is 39.4 Å². The molecule has 0 radical (unpaired) electrons. The van der Waals surface area contributed by atoms with Crippen molar-refractivity contribution in [1.82, 2.24) is 9.97 Å². The predicted molar refractivity (Wildman–Crippen MR) is 105 cm³/mol. The maximum Gasteiger partial charge on any atom is 0.249 e. The van der Waals surface area contributed by atoms with Gasteiger partial charge in [0.25, 0.3) is 0 Å². The van der Waals surface area contributed by atoms with E-state index in [4.69, 9.17) is 10.5 Å². The molecule has 0 atom stereocenters. The highest BCUT2D eigenvalue weighted by molar-refractivity contribution is 7.99. The molecule has 7 heteroatoms. The summed E-state index contributed by atoms with van der Waals surface area (Å²) in [6, 6.07) is 15.2. The minimum absolute atomic E-state index is 0.455. The van der Waals surface area contributed by atoms with E-state index < -0.39 is 5.91 Å². The van der Waals surface area contributed by atoms with Crippen molar-refractivity contribution in [2.24, 2.45) is 5.73 Å². The van der Waals surface area contributed by atoms with Gasteiger partial charge < -0.3 is 15.5 Å². The molecule has 26 heavy (non-hydrogen) atoms. The second-order valence-electron chi connectivity index (χ2n) is 5.55. The highest BCUT2D eigenvalue weighted by atomic mass is 32.2. The number of thiazole rings is 1. The zero-order valence-corrected chi connectivity index (χ0v) is 15.5. The van der Waals surface area contributed by atoms with Crippen LogP contribution in [0, 0.1) is 0 Å². The first kappa shape index (κ1) is 16.7. The molecular formula is C19H15N3O2S2. The number of carbonyl (C=O) groups is 1. The standard InChI is InChI=1S/C19H15N3O2S2/c1-24-11-5-4-6-12(9-11)26-17-15(22-19-16(17)21-10-25-19)13-7-2-3-8-14(13)18(20)23/h2-10,22H,1H3,(H2,20,23). The van der Waals surface area contributed by atoms with Gasteiger partial charge in [0.2, 0.25) is 5.91 Å². The Morgan fingerprint density at radius 1 is 1.23 bits per heavy atom. The third-order valence-electron chi connectivity index (χ3n) is 3.97. The minimum atomic E-state index is -0.455. The number of benzene rings is 2. The summed E-state index contributed by atoms with van der Waals surface area (Å²) in [5.74, 6) is 0.336. The summed E-state index contributed by atoms with van der Waals surface area (Å²) in [5.41, 5.74) is 10.4. The number of aromatic nitrogens is 2. The highest BCUT2D eigenvalue weighted by Crippen LogP contribution is 2.43. The third kappa shape index (κ3) is 2.95. The molecule has 0 bridgehead atoms. The topological polar surface area (TPSA) is 81.0 Å². The average molecular weight is 381 g/mol. The molecular weight excluding hydrogens is 366 g/mol. The number of aromatic amines is 1. The van der Waals surface area contributed by atoms with Gasteiger partial charge in [0.05, 0.1) is 23.2 Å². The maximum absolute atomic E-state index is 11.9. The zero-order valence-electron chi connectivity index (χ0n) is 13.9. The van der Waals surface area contributed by atoms with Crippen LogP contribution in [-0.4, -0.2) is 23.0 Å². The number of nitrogens with two attached hydrogens (primary N) is 1. The largest absolute Gasteiger partial charge is 0.497 e. The number of hydrogen-bond donors (Lipinski definition) is 2. The smallest absolute Gasteiger partial charge is 0.249 e. The van der Waals surface area contributed by atoms with Crippen molar-refractivity contribution in [3.63, 3.8) is 0 Å². The molecule has 3 N–H and O–H groups in total. The Bertz CT molecular complexity index is 1100. The van der Waals surface area contributed by atoms with Gasteiger partial charge in [-0.25, -0.2) is 4.98 Å². The van der Waals surface area contributed by atoms with Crippen LogP contribution in [0.15, 0.2) is 63.8 Å². The van der Waals surface area contributed by atoms with Crippen LogP contribution in [0.1, 0.15) is 10.4 Å². The van der Waals surface area contributed by atoms with E-state index in [0.29, 0.717) is 5.56 Å². The monoisotopic (exact) mass is 381 g/mol. The Labute approximate surface area is 158 Å². The number of rotatable bonds is 5. The normalized spacial score (nSPS) is 11.0. The molecule has 4 aromatic rings. The number of amides is 1. The second kappa shape index (κ2) is 6.86. The Balaban J connectivity index is 1.88. The fourth-order valence-electron chi connectivity index (χ4n) is 2.77. The number of ether oxygens (including phenoxy) is 1. The van der Waals surface area contributed by atoms with Gasteiger partial charge in [-0.2, -0.15) is 0 Å². The number of hydrogen-bond acceptors (Lipinski definition) is 5. The number of primary amides is 1. The molecule has 130 valence electrons. The molecule has 2 aromatic carbocycles. The molecule has 0 fully saturated rings. The number of fused-ring (bicyclic) bond motifs is 1. The lowest BCUT2D eigenvalue weighted by atomic mass is 10.0. The van der Waals surface area contributed by atoms with Crippen molar-refractivity contribution in [2.75, 3.05) is 7.11 Å². The van der Waals surface area contributed by atoms with Gasteiger partial charge in [0.15, 0.2) is 0 Å². The van der Waals surface area contributed by atoms with Crippen LogP contribution in [0.5, 0.6) is 5.75 Å². The lowest BCUT2D eigenvalue weighted by molar-refractivity contribution is 0.100. The molecule has 0 aliphatic heterocycles. The highest BCUT2D eigenvalue weighted by Gasteiger charge is 2.20. The van der Waals surface area contributed by atoms with Gasteiger partial charge in [0, 0.05) is 16.0 Å². The van der Waals surface area contributed by atoms with Crippen LogP contribution in [0.2, 0.25) is 0 Å². The minimum Gasteiger partial charge on any atom is -0.497 e. The van der Waals surface area contributed by atoms with E-state index in [1.165, 1.54) is 11.3 Å². The van der Waals surface area contributed by atoms with Crippen LogP contribution in [-0.2, 0) is 0 Å². The molecule has 2 aromatic heterocycles. The van der Waals surface area contributed by atoms with E-state index in [2.05, 4.69) is 9.97 Å². The van der Waals surface area contributed by atoms with E-state index >= 15 is 0 Å². The Morgan fingerprint density at radius 3 is 2.88 bits per heavy atom. The van der Waals surface area contributed by atoms with Crippen molar-refractivity contribution in [3.05, 3.63) is 59.6 Å². The predicted octanol–water partition coefficient (Wildman–Crippen LogP) is 4.55. The Kier molecular flexibility index (Phi) is 4.40. The Hall–Kier alpha value is -2.77. The van der Waals surface area contributed by atoms with Crippen LogP contribution < -0.4 is 10.5 Å². The Morgan fingerprint density at radius 2 is 2.08 bits per heavy atom. The van der Waals surface area contributed by atoms with Crippen LogP contribution >= 0.6 is 23.1 Å². The van der Waals surface area contributed by atoms with Crippen LogP contribution in [0.3, 0.4) is 0 Å². The van der Waals surface area contributed by atoms with E-state index in [9.17, 15) is 4.79 Å². The number of methoxy groups -OCH3 is 1. The first-order valence-electron chi connectivity index (χ1n) is 7.83. The lowest BCUT2D eigenvalue weighted by Gasteiger charge is -2.09. The van der Waals surface area contributed by atoms with E-state index in [1.807, 2.05) is 42.5 Å². The molecule has 0 saturated heterocycles. The summed E-state index contributed by atoms with van der Waals surface area (Å²) in [6.07, 6.45) is 0. The first-order valence-corrected chi connectivity index (χ1v) is 9.53. The summed E-state index contributed by atoms with van der Waals surface area (Å²) in [4.78, 5) is 22.7. The van der Waals surface area contributed by atoms with Crippen molar-refractivity contribution < 1.29 is 9.53 Å². The van der Waals surface area contributed by atoms with Gasteiger partial charge in [-0.3, -0.25) is 4.79 Å². The lowest BCUT2D eigenvalue weighted by Crippen LogP contribution is -2.12. The zero-order chi connectivity index (χ0) is 18.1. The van der Waals surface area contributed by atoms with Gasteiger partial charge in [0.1, 0.15) is 16.1 Å². The van der Waals surface area contributed by atoms with E-state index in [0.717, 1.165) is 37.1 Å². The van der Waals surface area contributed by atoms with E-state index in [-0.39, 0.29) is 0 Å². The number of H-pyrrole nitrogens is 1. The molecule has 4 rings (SSSR count). The number of nitrogens with one attached hydrogen (secondary N) is 1. The fourth-order valence-corrected chi connectivity index (χ4v) is 4.60.